The van der Waals surface area contributed by atoms with Gasteiger partial charge in [-0.05, 0) is 104 Å². The molecule has 0 unspecified atom stereocenters. The van der Waals surface area contributed by atoms with Crippen LogP contribution in [-0.2, 0) is 33.3 Å². The number of esters is 2. The van der Waals surface area contributed by atoms with Crippen molar-refractivity contribution < 1.29 is 51.7 Å². The van der Waals surface area contributed by atoms with Crippen LogP contribution in [-0.4, -0.2) is 74.5 Å². The number of halogens is 4. The predicted octanol–water partition coefficient (Wildman–Crippen LogP) is 7.73. The highest BCUT2D eigenvalue weighted by Crippen LogP contribution is 2.27. The molecule has 0 aliphatic heterocycles. The van der Waals surface area contributed by atoms with Crippen LogP contribution in [0.3, 0.4) is 0 Å². The second-order valence-corrected chi connectivity index (χ2v) is 15.3. The minimum absolute atomic E-state index is 0.0814. The van der Waals surface area contributed by atoms with Crippen LogP contribution in [0.5, 0.6) is 0 Å². The molecule has 0 aromatic heterocycles. The second-order valence-electron chi connectivity index (χ2n) is 13.6. The van der Waals surface area contributed by atoms with Crippen LogP contribution in [0.4, 0.5) is 18.4 Å². The van der Waals surface area contributed by atoms with E-state index in [0.29, 0.717) is 60.2 Å². The van der Waals surface area contributed by atoms with E-state index in [-0.39, 0.29) is 42.5 Å². The third-order valence-corrected chi connectivity index (χ3v) is 7.78. The van der Waals surface area contributed by atoms with Gasteiger partial charge in [0.1, 0.15) is 29.1 Å². The Labute approximate surface area is 339 Å². The molecule has 17 heteroatoms. The van der Waals surface area contributed by atoms with Crippen molar-refractivity contribution in [1.29, 1.82) is 0 Å². The number of aldehydes is 1. The standard InChI is InChI=1S/C19H28BrFN2O4.C11H13BrFNO2.C8H15NO3/c1-5-26-17(24)12-16(14-8-7-13(21)11-15(14)20)22-9-6-10-23-18(25)27-19(2,3)4;1-2-16-11(15)6-10(14)8-4-3-7(13)5-9(8)12;1-8(2,3)12-7(11)9-5-4-6-10/h7-8,11,16,22H,5-6,9-10,12H2,1-4H3,(H,23,25);3-5,10H,2,6,14H2,1H3;6H,4-5H2,1-3H3,(H,9,11)/t16-;10-;/m11./s1. The first-order valence-corrected chi connectivity index (χ1v) is 19.3. The monoisotopic (exact) mass is 908 g/mol. The second kappa shape index (κ2) is 27.0. The van der Waals surface area contributed by atoms with E-state index < -0.39 is 29.4 Å². The maximum absolute atomic E-state index is 13.3. The Balaban J connectivity index is 0.000000880. The van der Waals surface area contributed by atoms with Crippen molar-refractivity contribution in [3.05, 3.63) is 68.1 Å². The summed E-state index contributed by atoms with van der Waals surface area (Å²) in [6, 6.07) is 7.71. The number of alkyl carbamates (subject to hydrolysis) is 2. The summed E-state index contributed by atoms with van der Waals surface area (Å²) in [7, 11) is 0. The largest absolute Gasteiger partial charge is 0.466 e. The van der Waals surface area contributed by atoms with Crippen molar-refractivity contribution >= 4 is 62.3 Å². The van der Waals surface area contributed by atoms with Gasteiger partial charge in [-0.1, -0.05) is 44.0 Å². The van der Waals surface area contributed by atoms with Gasteiger partial charge in [0.15, 0.2) is 0 Å². The lowest BCUT2D eigenvalue weighted by Gasteiger charge is -2.21. The summed E-state index contributed by atoms with van der Waals surface area (Å²) in [6.45, 7) is 16.2. The van der Waals surface area contributed by atoms with Gasteiger partial charge in [0, 0.05) is 40.5 Å². The van der Waals surface area contributed by atoms with E-state index >= 15 is 0 Å². The van der Waals surface area contributed by atoms with Gasteiger partial charge in [-0.2, -0.15) is 0 Å². The van der Waals surface area contributed by atoms with Crippen molar-refractivity contribution in [2.45, 2.75) is 104 Å². The van der Waals surface area contributed by atoms with Gasteiger partial charge in [-0.25, -0.2) is 18.4 Å². The van der Waals surface area contributed by atoms with Crippen LogP contribution >= 0.6 is 31.9 Å². The van der Waals surface area contributed by atoms with Crippen molar-refractivity contribution in [2.75, 3.05) is 32.8 Å². The summed E-state index contributed by atoms with van der Waals surface area (Å²) in [4.78, 5) is 55.5. The molecule has 2 aromatic rings. The molecule has 55 heavy (non-hydrogen) atoms. The number of rotatable bonds is 16. The number of hydrogen-bond donors (Lipinski definition) is 4. The third-order valence-electron chi connectivity index (χ3n) is 6.41. The number of carbonyl (C=O) groups excluding carboxylic acids is 5. The molecule has 2 rings (SSSR count). The van der Waals surface area contributed by atoms with E-state index in [2.05, 4.69) is 47.8 Å². The van der Waals surface area contributed by atoms with E-state index in [1.807, 2.05) is 0 Å². The summed E-state index contributed by atoms with van der Waals surface area (Å²) in [5.74, 6) is -1.40. The summed E-state index contributed by atoms with van der Waals surface area (Å²) in [6.07, 6.45) is 0.958. The number of benzene rings is 2. The fourth-order valence-corrected chi connectivity index (χ4v) is 5.46. The first-order chi connectivity index (χ1) is 25.6. The molecule has 0 heterocycles. The Bertz CT molecular complexity index is 1510. The average molecular weight is 911 g/mol. The summed E-state index contributed by atoms with van der Waals surface area (Å²) in [5.41, 5.74) is 6.26. The van der Waals surface area contributed by atoms with Crippen LogP contribution in [0.25, 0.3) is 0 Å². The molecule has 13 nitrogen and oxygen atoms in total. The topological polar surface area (TPSA) is 184 Å². The minimum atomic E-state index is -0.540. The van der Waals surface area contributed by atoms with Gasteiger partial charge >= 0.3 is 24.1 Å². The number of amides is 2. The number of nitrogens with one attached hydrogen (secondary N) is 3. The highest BCUT2D eigenvalue weighted by molar-refractivity contribution is 9.10. The number of hydrogen-bond acceptors (Lipinski definition) is 11. The van der Waals surface area contributed by atoms with E-state index in [4.69, 9.17) is 24.7 Å². The predicted molar refractivity (Wildman–Crippen MR) is 212 cm³/mol. The molecule has 0 bridgehead atoms. The fourth-order valence-electron chi connectivity index (χ4n) is 4.19. The van der Waals surface area contributed by atoms with Crippen LogP contribution in [0.1, 0.15) is 104 Å². The fraction of sp³-hybridized carbons (Fsp3) is 0.553. The molecule has 0 fully saturated rings. The number of ether oxygens (including phenoxy) is 4. The molecular weight excluding hydrogens is 854 g/mol. The SMILES string of the molecule is CC(C)(C)OC(=O)NCCC=O.CCOC(=O)C[C@@H](N)c1ccc(F)cc1Br.CCOC(=O)C[C@@H](NCCCNC(=O)OC(C)(C)C)c1ccc(F)cc1Br. The summed E-state index contributed by atoms with van der Waals surface area (Å²) >= 11 is 6.55. The van der Waals surface area contributed by atoms with Crippen molar-refractivity contribution in [3.63, 3.8) is 0 Å². The van der Waals surface area contributed by atoms with E-state index in [9.17, 15) is 32.8 Å². The molecule has 0 aliphatic carbocycles. The molecule has 0 aliphatic rings. The lowest BCUT2D eigenvalue weighted by molar-refractivity contribution is -0.144. The molecule has 2 atom stereocenters. The average Bonchev–Trinajstić information content (AvgIpc) is 3.03. The normalized spacial score (nSPS) is 11.9. The minimum Gasteiger partial charge on any atom is -0.466 e. The zero-order valence-corrected chi connectivity index (χ0v) is 36.0. The van der Waals surface area contributed by atoms with E-state index in [1.54, 1.807) is 67.5 Å². The Hall–Kier alpha value is -3.67. The summed E-state index contributed by atoms with van der Waals surface area (Å²) < 4.78 is 47.2. The van der Waals surface area contributed by atoms with E-state index in [1.165, 1.54) is 24.3 Å². The smallest absolute Gasteiger partial charge is 0.407 e. The van der Waals surface area contributed by atoms with Crippen molar-refractivity contribution in [1.82, 2.24) is 16.0 Å². The first kappa shape index (κ1) is 51.3. The molecule has 2 amide bonds. The zero-order chi connectivity index (χ0) is 42.2. The maximum atomic E-state index is 13.3. The molecular formula is C38H56Br2F2N4O9. The molecule has 2 aromatic carbocycles. The highest BCUT2D eigenvalue weighted by Gasteiger charge is 2.20. The Morgan fingerprint density at radius 2 is 1.20 bits per heavy atom. The molecule has 5 N–H and O–H groups in total. The van der Waals surface area contributed by atoms with Crippen LogP contribution in [0.2, 0.25) is 0 Å². The lowest BCUT2D eigenvalue weighted by atomic mass is 10.0. The van der Waals surface area contributed by atoms with Crippen LogP contribution in [0, 0.1) is 11.6 Å². The zero-order valence-electron chi connectivity index (χ0n) is 32.8. The molecule has 0 radical (unpaired) electrons. The third kappa shape index (κ3) is 25.9. The highest BCUT2D eigenvalue weighted by atomic mass is 79.9. The Morgan fingerprint density at radius 1 is 0.745 bits per heavy atom. The van der Waals surface area contributed by atoms with Crippen molar-refractivity contribution in [2.24, 2.45) is 5.73 Å². The van der Waals surface area contributed by atoms with E-state index in [0.717, 1.165) is 11.8 Å². The molecule has 0 saturated heterocycles. The Kier molecular flexibility index (Phi) is 25.2. The maximum Gasteiger partial charge on any atom is 0.407 e. The van der Waals surface area contributed by atoms with Gasteiger partial charge in [0.2, 0.25) is 0 Å². The van der Waals surface area contributed by atoms with Crippen LogP contribution < -0.4 is 21.7 Å². The quantitative estimate of drug-likeness (QED) is 0.0560. The lowest BCUT2D eigenvalue weighted by Crippen LogP contribution is -2.34. The first-order valence-electron chi connectivity index (χ1n) is 17.7. The van der Waals surface area contributed by atoms with Gasteiger partial charge in [0.25, 0.3) is 0 Å². The van der Waals surface area contributed by atoms with Gasteiger partial charge in [0.05, 0.1) is 26.1 Å². The summed E-state index contributed by atoms with van der Waals surface area (Å²) in [5, 5.41) is 8.39. The number of nitrogens with two attached hydrogens (primary N) is 1. The molecule has 310 valence electrons. The molecule has 0 spiro atoms. The molecule has 0 saturated carbocycles. The van der Waals surface area contributed by atoms with Gasteiger partial charge < -0.3 is 45.4 Å². The van der Waals surface area contributed by atoms with Gasteiger partial charge in [-0.15, -0.1) is 0 Å². The number of carbonyl (C=O) groups is 5. The van der Waals surface area contributed by atoms with Crippen molar-refractivity contribution in [3.8, 4) is 0 Å². The van der Waals surface area contributed by atoms with Gasteiger partial charge in [-0.3, -0.25) is 9.59 Å². The Morgan fingerprint density at radius 3 is 1.64 bits per heavy atom. The van der Waals surface area contributed by atoms with Crippen LogP contribution in [0.15, 0.2) is 45.3 Å².